The summed E-state index contributed by atoms with van der Waals surface area (Å²) in [7, 11) is 1.24. The number of methoxy groups -OCH3 is 1. The molecule has 1 aliphatic rings. The van der Waals surface area contributed by atoms with E-state index >= 15 is 0 Å². The average molecular weight is 283 g/mol. The third kappa shape index (κ3) is 2.82. The fourth-order valence-corrected chi connectivity index (χ4v) is 2.28. The molecule has 2 rings (SSSR count). The lowest BCUT2D eigenvalue weighted by molar-refractivity contribution is 0.00578. The summed E-state index contributed by atoms with van der Waals surface area (Å²) in [6.07, 6.45) is 0. The summed E-state index contributed by atoms with van der Waals surface area (Å²) >= 11 is 6.32. The molecule has 0 aromatic heterocycles. The highest BCUT2D eigenvalue weighted by atomic mass is 35.5. The fraction of sp³-hybridized carbons (Fsp3) is 0.571. The Morgan fingerprint density at radius 1 is 1.16 bits per heavy atom. The second kappa shape index (κ2) is 5.10. The van der Waals surface area contributed by atoms with E-state index in [1.165, 1.54) is 0 Å². The Kier molecular flexibility index (Phi) is 3.98. The first-order valence-corrected chi connectivity index (χ1v) is 6.77. The minimum atomic E-state index is -0.422. The van der Waals surface area contributed by atoms with Crippen molar-refractivity contribution < 1.29 is 14.0 Å². The lowest BCUT2D eigenvalue weighted by Gasteiger charge is -2.32. The number of benzene rings is 1. The van der Waals surface area contributed by atoms with Gasteiger partial charge in [0.2, 0.25) is 0 Å². The van der Waals surface area contributed by atoms with Gasteiger partial charge in [-0.1, -0.05) is 23.7 Å². The molecule has 1 aromatic carbocycles. The Bertz CT molecular complexity index is 458. The van der Waals surface area contributed by atoms with Crippen molar-refractivity contribution in [3.05, 3.63) is 28.8 Å². The summed E-state index contributed by atoms with van der Waals surface area (Å²) < 4.78 is 17.1. The fourth-order valence-electron chi connectivity index (χ4n) is 1.99. The third-order valence-corrected chi connectivity index (χ3v) is 4.21. The molecule has 0 aliphatic carbocycles. The molecular weight excluding hydrogens is 262 g/mol. The van der Waals surface area contributed by atoms with Crippen molar-refractivity contribution in [2.24, 2.45) is 0 Å². The van der Waals surface area contributed by atoms with Crippen LogP contribution in [0.2, 0.25) is 5.02 Å². The number of rotatable bonds is 3. The van der Waals surface area contributed by atoms with Crippen LogP contribution >= 0.6 is 11.6 Å². The Morgan fingerprint density at radius 3 is 2.21 bits per heavy atom. The quantitative estimate of drug-likeness (QED) is 0.798. The van der Waals surface area contributed by atoms with Crippen molar-refractivity contribution in [1.82, 2.24) is 0 Å². The van der Waals surface area contributed by atoms with Crippen LogP contribution in [0.25, 0.3) is 0 Å². The molecule has 19 heavy (non-hydrogen) atoms. The molecule has 1 aromatic rings. The molecular formula is C14H20BClO3. The van der Waals surface area contributed by atoms with Crippen molar-refractivity contribution in [2.75, 3.05) is 7.11 Å². The largest absolute Gasteiger partial charge is 0.496 e. The standard InChI is InChI=1S/C14H20BClO3/c1-13(2)14(3,4)19-15(18-13)11-7-6-10(9-17-5)8-12(11)16/h6-8H,9H2,1-5H3. The normalized spacial score (nSPS) is 20.8. The van der Waals surface area contributed by atoms with Gasteiger partial charge in [-0.25, -0.2) is 0 Å². The predicted octanol–water partition coefficient (Wildman–Crippen LogP) is 2.79. The van der Waals surface area contributed by atoms with E-state index in [1.807, 2.05) is 45.9 Å². The number of halogens is 1. The second-order valence-corrected chi connectivity index (χ2v) is 6.28. The van der Waals surface area contributed by atoms with Crippen LogP contribution in [-0.4, -0.2) is 25.4 Å². The van der Waals surface area contributed by atoms with Crippen LogP contribution < -0.4 is 5.46 Å². The number of hydrogen-bond acceptors (Lipinski definition) is 3. The van der Waals surface area contributed by atoms with Gasteiger partial charge in [-0.2, -0.15) is 0 Å². The molecule has 0 amide bonds. The van der Waals surface area contributed by atoms with Gasteiger partial charge >= 0.3 is 7.12 Å². The zero-order valence-corrected chi connectivity index (χ0v) is 12.9. The van der Waals surface area contributed by atoms with E-state index in [-0.39, 0.29) is 11.2 Å². The molecule has 0 N–H and O–H groups in total. The van der Waals surface area contributed by atoms with Crippen LogP contribution in [0.15, 0.2) is 18.2 Å². The minimum Gasteiger partial charge on any atom is -0.399 e. The van der Waals surface area contributed by atoms with Gasteiger partial charge in [0, 0.05) is 17.6 Å². The molecule has 1 heterocycles. The molecule has 0 unspecified atom stereocenters. The highest BCUT2D eigenvalue weighted by molar-refractivity contribution is 6.65. The van der Waals surface area contributed by atoms with Crippen LogP contribution in [0, 0.1) is 0 Å². The first kappa shape index (κ1) is 14.9. The van der Waals surface area contributed by atoms with E-state index in [1.54, 1.807) is 7.11 Å². The molecule has 5 heteroatoms. The Balaban J connectivity index is 2.25. The minimum absolute atomic E-state index is 0.355. The number of hydrogen-bond donors (Lipinski definition) is 0. The summed E-state index contributed by atoms with van der Waals surface area (Å²) in [4.78, 5) is 0. The Morgan fingerprint density at radius 2 is 1.74 bits per heavy atom. The molecule has 0 saturated carbocycles. The van der Waals surface area contributed by atoms with Crippen molar-refractivity contribution in [1.29, 1.82) is 0 Å². The maximum atomic E-state index is 6.32. The Labute approximate surface area is 120 Å². The third-order valence-electron chi connectivity index (χ3n) is 3.88. The smallest absolute Gasteiger partial charge is 0.399 e. The molecule has 0 radical (unpaired) electrons. The molecule has 1 saturated heterocycles. The van der Waals surface area contributed by atoms with E-state index in [4.69, 9.17) is 25.6 Å². The van der Waals surface area contributed by atoms with Gasteiger partial charge in [0.15, 0.2) is 0 Å². The first-order valence-electron chi connectivity index (χ1n) is 6.40. The molecule has 0 atom stereocenters. The highest BCUT2D eigenvalue weighted by Crippen LogP contribution is 2.37. The van der Waals surface area contributed by atoms with Gasteiger partial charge < -0.3 is 14.0 Å². The molecule has 1 aliphatic heterocycles. The summed E-state index contributed by atoms with van der Waals surface area (Å²) in [6, 6.07) is 5.82. The number of ether oxygens (including phenoxy) is 1. The average Bonchev–Trinajstić information content (AvgIpc) is 2.48. The highest BCUT2D eigenvalue weighted by Gasteiger charge is 2.52. The zero-order valence-electron chi connectivity index (χ0n) is 12.1. The second-order valence-electron chi connectivity index (χ2n) is 5.88. The maximum Gasteiger partial charge on any atom is 0.496 e. The summed E-state index contributed by atoms with van der Waals surface area (Å²) in [5.74, 6) is 0. The molecule has 3 nitrogen and oxygen atoms in total. The van der Waals surface area contributed by atoms with E-state index in [0.29, 0.717) is 11.6 Å². The van der Waals surface area contributed by atoms with Crippen molar-refractivity contribution in [2.45, 2.75) is 45.5 Å². The molecule has 0 spiro atoms. The zero-order chi connectivity index (χ0) is 14.3. The maximum absolute atomic E-state index is 6.32. The summed E-state index contributed by atoms with van der Waals surface area (Å²) in [6.45, 7) is 8.66. The first-order chi connectivity index (χ1) is 8.77. The van der Waals surface area contributed by atoms with E-state index in [2.05, 4.69) is 0 Å². The van der Waals surface area contributed by atoms with Crippen LogP contribution in [0.1, 0.15) is 33.3 Å². The summed E-state index contributed by atoms with van der Waals surface area (Å²) in [5, 5.41) is 0.646. The van der Waals surface area contributed by atoms with Crippen LogP contribution in [0.3, 0.4) is 0 Å². The van der Waals surface area contributed by atoms with Gasteiger partial charge in [-0.3, -0.25) is 0 Å². The van der Waals surface area contributed by atoms with Crippen molar-refractivity contribution in [3.63, 3.8) is 0 Å². The predicted molar refractivity (Wildman–Crippen MR) is 77.9 cm³/mol. The van der Waals surface area contributed by atoms with E-state index in [0.717, 1.165) is 11.0 Å². The Hall–Kier alpha value is -0.545. The summed E-state index contributed by atoms with van der Waals surface area (Å²) in [5.41, 5.74) is 1.19. The lowest BCUT2D eigenvalue weighted by atomic mass is 9.78. The molecule has 0 bridgehead atoms. The van der Waals surface area contributed by atoms with Crippen molar-refractivity contribution in [3.8, 4) is 0 Å². The molecule has 1 fully saturated rings. The van der Waals surface area contributed by atoms with E-state index in [9.17, 15) is 0 Å². The van der Waals surface area contributed by atoms with E-state index < -0.39 is 7.12 Å². The molecule has 104 valence electrons. The van der Waals surface area contributed by atoms with Crippen LogP contribution in [-0.2, 0) is 20.7 Å². The van der Waals surface area contributed by atoms with Gasteiger partial charge in [0.05, 0.1) is 17.8 Å². The SMILES string of the molecule is COCc1ccc(B2OC(C)(C)C(C)(C)O2)c(Cl)c1. The lowest BCUT2D eigenvalue weighted by Crippen LogP contribution is -2.41. The van der Waals surface area contributed by atoms with Crippen LogP contribution in [0.5, 0.6) is 0 Å². The topological polar surface area (TPSA) is 27.7 Å². The van der Waals surface area contributed by atoms with Crippen molar-refractivity contribution >= 4 is 24.2 Å². The van der Waals surface area contributed by atoms with Crippen LogP contribution in [0.4, 0.5) is 0 Å². The van der Waals surface area contributed by atoms with Gasteiger partial charge in [-0.15, -0.1) is 0 Å². The van der Waals surface area contributed by atoms with Gasteiger partial charge in [0.25, 0.3) is 0 Å². The van der Waals surface area contributed by atoms with Gasteiger partial charge in [0.1, 0.15) is 0 Å². The van der Waals surface area contributed by atoms with Gasteiger partial charge in [-0.05, 0) is 39.3 Å². The monoisotopic (exact) mass is 282 g/mol.